The lowest BCUT2D eigenvalue weighted by atomic mass is 10.1. The molecule has 3 nitrogen and oxygen atoms in total. The first-order valence-electron chi connectivity index (χ1n) is 4.96. The zero-order chi connectivity index (χ0) is 10.9. The number of nitrogens with zero attached hydrogens (tertiary/aromatic N) is 2. The van der Waals surface area contributed by atoms with Crippen molar-refractivity contribution in [2.24, 2.45) is 0 Å². The number of carbonyl (C=O) groups is 1. The van der Waals surface area contributed by atoms with E-state index in [1.54, 1.807) is 0 Å². The van der Waals surface area contributed by atoms with Gasteiger partial charge >= 0.3 is 0 Å². The Labute approximate surface area is 85.1 Å². The summed E-state index contributed by atoms with van der Waals surface area (Å²) < 4.78 is 1.90. The van der Waals surface area contributed by atoms with Gasteiger partial charge in [-0.1, -0.05) is 6.92 Å². The smallest absolute Gasteiger partial charge is 0.182 e. The molecule has 0 aliphatic rings. The minimum absolute atomic E-state index is 0.0592. The van der Waals surface area contributed by atoms with E-state index < -0.39 is 0 Å². The van der Waals surface area contributed by atoms with Crippen molar-refractivity contribution in [2.45, 2.75) is 46.6 Å². The number of aryl methyl sites for hydroxylation is 1. The molecule has 14 heavy (non-hydrogen) atoms. The number of hydrogen-bond acceptors (Lipinski definition) is 2. The third-order valence-corrected chi connectivity index (χ3v) is 2.13. The van der Waals surface area contributed by atoms with Gasteiger partial charge in [-0.2, -0.15) is 5.10 Å². The van der Waals surface area contributed by atoms with Gasteiger partial charge in [0.05, 0.1) is 5.54 Å². The van der Waals surface area contributed by atoms with Gasteiger partial charge in [-0.15, -0.1) is 0 Å². The molecule has 0 amide bonds. The summed E-state index contributed by atoms with van der Waals surface area (Å²) in [6.45, 7) is 10.1. The number of hydrogen-bond donors (Lipinski definition) is 0. The third-order valence-electron chi connectivity index (χ3n) is 2.13. The summed E-state index contributed by atoms with van der Waals surface area (Å²) in [5.74, 6) is 0.108. The highest BCUT2D eigenvalue weighted by atomic mass is 16.1. The molecule has 0 N–H and O–H groups in total. The molecule has 0 saturated carbocycles. The van der Waals surface area contributed by atoms with Gasteiger partial charge in [0, 0.05) is 12.1 Å². The summed E-state index contributed by atoms with van der Waals surface area (Å²) in [6.07, 6.45) is 0.514. The first kappa shape index (κ1) is 11.0. The molecule has 78 valence electrons. The molecule has 0 aliphatic heterocycles. The quantitative estimate of drug-likeness (QED) is 0.678. The lowest BCUT2D eigenvalue weighted by Gasteiger charge is -2.21. The minimum atomic E-state index is -0.0592. The maximum atomic E-state index is 11.4. The van der Waals surface area contributed by atoms with Crippen LogP contribution in [0.5, 0.6) is 0 Å². The Bertz CT molecular complexity index is 345. The Balaban J connectivity index is 3.12. The van der Waals surface area contributed by atoms with E-state index in [-0.39, 0.29) is 11.3 Å². The fourth-order valence-corrected chi connectivity index (χ4v) is 1.47. The Morgan fingerprint density at radius 3 is 2.43 bits per heavy atom. The van der Waals surface area contributed by atoms with Crippen LogP contribution >= 0.6 is 0 Å². The number of ketones is 1. The first-order chi connectivity index (χ1) is 6.36. The van der Waals surface area contributed by atoms with Crippen LogP contribution in [0.15, 0.2) is 6.07 Å². The molecule has 1 aromatic heterocycles. The largest absolute Gasteiger partial charge is 0.292 e. The zero-order valence-corrected chi connectivity index (χ0v) is 9.59. The van der Waals surface area contributed by atoms with Crippen molar-refractivity contribution in [1.29, 1.82) is 0 Å². The predicted octanol–water partition coefficient (Wildman–Crippen LogP) is 2.54. The van der Waals surface area contributed by atoms with E-state index in [0.717, 1.165) is 5.69 Å². The second kappa shape index (κ2) is 3.56. The normalized spacial score (nSPS) is 11.8. The Morgan fingerprint density at radius 2 is 2.07 bits per heavy atom. The lowest BCUT2D eigenvalue weighted by molar-refractivity contribution is 0.0982. The van der Waals surface area contributed by atoms with Crippen LogP contribution in [0.25, 0.3) is 0 Å². The number of carbonyl (C=O) groups excluding carboxylic acids is 1. The molecule has 0 bridgehead atoms. The molecule has 0 saturated heterocycles. The van der Waals surface area contributed by atoms with E-state index in [2.05, 4.69) is 25.9 Å². The molecule has 1 aromatic rings. The van der Waals surface area contributed by atoms with Crippen molar-refractivity contribution in [1.82, 2.24) is 9.78 Å². The highest BCUT2D eigenvalue weighted by Gasteiger charge is 2.19. The fraction of sp³-hybridized carbons (Fsp3) is 0.636. The van der Waals surface area contributed by atoms with E-state index in [1.807, 2.05) is 24.6 Å². The third kappa shape index (κ3) is 2.03. The summed E-state index contributed by atoms with van der Waals surface area (Å²) in [6, 6.07) is 1.86. The van der Waals surface area contributed by atoms with Gasteiger partial charge in [0.25, 0.3) is 0 Å². The first-order valence-corrected chi connectivity index (χ1v) is 4.96. The van der Waals surface area contributed by atoms with Crippen molar-refractivity contribution in [3.63, 3.8) is 0 Å². The molecule has 3 heteroatoms. The van der Waals surface area contributed by atoms with E-state index in [0.29, 0.717) is 12.1 Å². The zero-order valence-electron chi connectivity index (χ0n) is 9.59. The van der Waals surface area contributed by atoms with Crippen molar-refractivity contribution in [3.8, 4) is 0 Å². The van der Waals surface area contributed by atoms with Crippen LogP contribution in [0.2, 0.25) is 0 Å². The molecule has 0 unspecified atom stereocenters. The van der Waals surface area contributed by atoms with Gasteiger partial charge in [-0.05, 0) is 33.8 Å². The topological polar surface area (TPSA) is 34.9 Å². The minimum Gasteiger partial charge on any atom is -0.292 e. The van der Waals surface area contributed by atoms with Gasteiger partial charge in [0.15, 0.2) is 5.78 Å². The van der Waals surface area contributed by atoms with Crippen molar-refractivity contribution in [2.75, 3.05) is 0 Å². The van der Waals surface area contributed by atoms with Crippen LogP contribution < -0.4 is 0 Å². The predicted molar refractivity (Wildman–Crippen MR) is 56.6 cm³/mol. The van der Waals surface area contributed by atoms with E-state index >= 15 is 0 Å². The second-order valence-electron chi connectivity index (χ2n) is 4.53. The average Bonchev–Trinajstić information content (AvgIpc) is 2.45. The molecule has 0 aliphatic carbocycles. The van der Waals surface area contributed by atoms with Crippen LogP contribution in [-0.4, -0.2) is 15.6 Å². The van der Waals surface area contributed by atoms with Gasteiger partial charge in [-0.3, -0.25) is 9.48 Å². The van der Waals surface area contributed by atoms with Gasteiger partial charge < -0.3 is 0 Å². The maximum absolute atomic E-state index is 11.4. The summed E-state index contributed by atoms with van der Waals surface area (Å²) in [5.41, 5.74) is 1.56. The second-order valence-corrected chi connectivity index (χ2v) is 4.53. The highest BCUT2D eigenvalue weighted by molar-refractivity contribution is 5.94. The average molecular weight is 194 g/mol. The molecule has 0 radical (unpaired) electrons. The van der Waals surface area contributed by atoms with Crippen LogP contribution in [0.1, 0.15) is 50.3 Å². The lowest BCUT2D eigenvalue weighted by Crippen LogP contribution is -2.24. The molecule has 1 rings (SSSR count). The Hall–Kier alpha value is -1.12. The number of rotatable bonds is 2. The number of aromatic nitrogens is 2. The van der Waals surface area contributed by atoms with Crippen molar-refractivity contribution < 1.29 is 4.79 Å². The highest BCUT2D eigenvalue weighted by Crippen LogP contribution is 2.17. The summed E-state index contributed by atoms with van der Waals surface area (Å²) in [7, 11) is 0. The van der Waals surface area contributed by atoms with Gasteiger partial charge in [0.1, 0.15) is 5.69 Å². The summed E-state index contributed by atoms with van der Waals surface area (Å²) in [4.78, 5) is 11.4. The number of Topliss-reactive ketones (excluding diaryl/α,β-unsaturated/α-hetero) is 1. The Morgan fingerprint density at radius 1 is 1.50 bits per heavy atom. The molecule has 0 spiro atoms. The van der Waals surface area contributed by atoms with Crippen LogP contribution in [0.4, 0.5) is 0 Å². The molecule has 1 heterocycles. The van der Waals surface area contributed by atoms with E-state index in [1.165, 1.54) is 0 Å². The van der Waals surface area contributed by atoms with E-state index in [9.17, 15) is 4.79 Å². The van der Waals surface area contributed by atoms with Gasteiger partial charge in [0.2, 0.25) is 0 Å². The summed E-state index contributed by atoms with van der Waals surface area (Å²) in [5, 5.41) is 4.32. The molecular formula is C11H18N2O. The SMILES string of the molecule is CCC(=O)c1cc(C)n(C(C)(C)C)n1. The van der Waals surface area contributed by atoms with Crippen LogP contribution in [-0.2, 0) is 5.54 Å². The molecule has 0 fully saturated rings. The standard InChI is InChI=1S/C11H18N2O/c1-6-10(14)9-7-8(2)13(12-9)11(3,4)5/h7H,6H2,1-5H3. The van der Waals surface area contributed by atoms with E-state index in [4.69, 9.17) is 0 Å². The van der Waals surface area contributed by atoms with Crippen molar-refractivity contribution in [3.05, 3.63) is 17.5 Å². The molecule has 0 atom stereocenters. The molecular weight excluding hydrogens is 176 g/mol. The molecule has 0 aromatic carbocycles. The van der Waals surface area contributed by atoms with Crippen molar-refractivity contribution >= 4 is 5.78 Å². The van der Waals surface area contributed by atoms with Crippen LogP contribution in [0, 0.1) is 6.92 Å². The van der Waals surface area contributed by atoms with Crippen LogP contribution in [0.3, 0.4) is 0 Å². The monoisotopic (exact) mass is 194 g/mol. The maximum Gasteiger partial charge on any atom is 0.182 e. The fourth-order valence-electron chi connectivity index (χ4n) is 1.47. The Kier molecular flexibility index (Phi) is 2.79. The van der Waals surface area contributed by atoms with Gasteiger partial charge in [-0.25, -0.2) is 0 Å². The summed E-state index contributed by atoms with van der Waals surface area (Å²) >= 11 is 0.